The van der Waals surface area contributed by atoms with Crippen LogP contribution in [0.4, 0.5) is 5.69 Å². The first-order valence-corrected chi connectivity index (χ1v) is 8.07. The Balaban J connectivity index is 2.74. The summed E-state index contributed by atoms with van der Waals surface area (Å²) in [5.41, 5.74) is 0.993. The fourth-order valence-electron chi connectivity index (χ4n) is 2.26. The van der Waals surface area contributed by atoms with E-state index in [9.17, 15) is 4.79 Å². The average Bonchev–Trinajstić information content (AvgIpc) is 2.49. The van der Waals surface area contributed by atoms with E-state index in [1.165, 1.54) is 0 Å². The van der Waals surface area contributed by atoms with E-state index in [2.05, 4.69) is 12.2 Å². The summed E-state index contributed by atoms with van der Waals surface area (Å²) in [5.74, 6) is 0.755. The predicted molar refractivity (Wildman–Crippen MR) is 90.5 cm³/mol. The van der Waals surface area contributed by atoms with Gasteiger partial charge in [0.05, 0.1) is 6.61 Å². The molecule has 0 fully saturated rings. The van der Waals surface area contributed by atoms with E-state index in [1.54, 1.807) is 7.11 Å². The van der Waals surface area contributed by atoms with Crippen molar-refractivity contribution in [3.05, 3.63) is 23.8 Å². The number of benzene rings is 1. The van der Waals surface area contributed by atoms with Crippen LogP contribution in [0.2, 0.25) is 0 Å². The third-order valence-corrected chi connectivity index (χ3v) is 3.85. The lowest BCUT2D eigenvalue weighted by molar-refractivity contribution is -0.136. The van der Waals surface area contributed by atoms with Gasteiger partial charge in [0.25, 0.3) is 5.91 Å². The molecule has 1 aromatic carbocycles. The van der Waals surface area contributed by atoms with Crippen molar-refractivity contribution in [3.63, 3.8) is 0 Å². The molecule has 1 atom stereocenters. The molecule has 4 nitrogen and oxygen atoms in total. The largest absolute Gasteiger partial charge is 0.493 e. The molecule has 0 saturated carbocycles. The van der Waals surface area contributed by atoms with E-state index in [0.717, 1.165) is 42.9 Å². The van der Waals surface area contributed by atoms with Gasteiger partial charge in [0, 0.05) is 12.8 Å². The zero-order chi connectivity index (χ0) is 16.6. The lowest BCUT2D eigenvalue weighted by atomic mass is 9.99. The van der Waals surface area contributed by atoms with Gasteiger partial charge in [-0.05, 0) is 50.5 Å². The van der Waals surface area contributed by atoms with Gasteiger partial charge in [-0.2, -0.15) is 0 Å². The minimum absolute atomic E-state index is 0.115. The predicted octanol–water partition coefficient (Wildman–Crippen LogP) is 4.32. The number of amides is 1. The first-order chi connectivity index (χ1) is 10.5. The molecular weight excluding hydrogens is 278 g/mol. The van der Waals surface area contributed by atoms with Gasteiger partial charge in [-0.1, -0.05) is 26.7 Å². The number of methoxy groups -OCH3 is 1. The summed E-state index contributed by atoms with van der Waals surface area (Å²) in [4.78, 5) is 12.4. The van der Waals surface area contributed by atoms with Crippen molar-refractivity contribution in [1.82, 2.24) is 0 Å². The van der Waals surface area contributed by atoms with Gasteiger partial charge in [0.1, 0.15) is 11.4 Å². The number of nitrogens with one attached hydrogen (secondary N) is 1. The van der Waals surface area contributed by atoms with Crippen LogP contribution in [0.3, 0.4) is 0 Å². The highest BCUT2D eigenvalue weighted by Gasteiger charge is 2.32. The Morgan fingerprint density at radius 1 is 1.27 bits per heavy atom. The normalized spacial score (nSPS) is 13.5. The molecule has 0 aliphatic rings. The summed E-state index contributed by atoms with van der Waals surface area (Å²) in [6, 6.07) is 5.71. The fourth-order valence-corrected chi connectivity index (χ4v) is 2.26. The number of carbonyl (C=O) groups is 1. The van der Waals surface area contributed by atoms with E-state index in [4.69, 9.17) is 9.47 Å². The summed E-state index contributed by atoms with van der Waals surface area (Å²) in [6.07, 6.45) is 3.73. The molecule has 1 N–H and O–H groups in total. The second-order valence-corrected chi connectivity index (χ2v) is 5.82. The molecule has 4 heteroatoms. The Morgan fingerprint density at radius 2 is 2.00 bits per heavy atom. The van der Waals surface area contributed by atoms with Crippen molar-refractivity contribution in [2.24, 2.45) is 0 Å². The van der Waals surface area contributed by atoms with Gasteiger partial charge in [0.2, 0.25) is 0 Å². The number of unbranched alkanes of at least 4 members (excludes halogenated alkanes) is 1. The number of hydrogen-bond donors (Lipinski definition) is 1. The van der Waals surface area contributed by atoms with E-state index < -0.39 is 5.60 Å². The number of hydrogen-bond acceptors (Lipinski definition) is 3. The highest BCUT2D eigenvalue weighted by atomic mass is 16.5. The zero-order valence-corrected chi connectivity index (χ0v) is 14.5. The molecule has 0 aliphatic heterocycles. The van der Waals surface area contributed by atoms with Gasteiger partial charge in [-0.3, -0.25) is 4.79 Å². The van der Waals surface area contributed by atoms with Crippen molar-refractivity contribution in [2.75, 3.05) is 19.0 Å². The van der Waals surface area contributed by atoms with Crippen molar-refractivity contribution < 1.29 is 14.3 Å². The van der Waals surface area contributed by atoms with Crippen molar-refractivity contribution >= 4 is 11.6 Å². The Labute approximate surface area is 134 Å². The van der Waals surface area contributed by atoms with Crippen LogP contribution >= 0.6 is 0 Å². The maximum absolute atomic E-state index is 12.4. The number of rotatable bonds is 9. The molecule has 0 spiro atoms. The quantitative estimate of drug-likeness (QED) is 0.691. The first kappa shape index (κ1) is 18.5. The molecule has 124 valence electrons. The molecule has 0 unspecified atom stereocenters. The summed E-state index contributed by atoms with van der Waals surface area (Å²) in [6.45, 7) is 8.70. The van der Waals surface area contributed by atoms with Crippen LogP contribution in [0.1, 0.15) is 52.0 Å². The monoisotopic (exact) mass is 307 g/mol. The van der Waals surface area contributed by atoms with Crippen molar-refractivity contribution in [2.45, 2.75) is 59.0 Å². The Bertz CT molecular complexity index is 487. The number of carbonyl (C=O) groups excluding carboxylic acids is 1. The lowest BCUT2D eigenvalue weighted by Gasteiger charge is -2.26. The lowest BCUT2D eigenvalue weighted by Crippen LogP contribution is -2.41. The van der Waals surface area contributed by atoms with Gasteiger partial charge < -0.3 is 14.8 Å². The van der Waals surface area contributed by atoms with Crippen LogP contribution in [-0.2, 0) is 9.53 Å². The highest BCUT2D eigenvalue weighted by molar-refractivity contribution is 5.97. The first-order valence-electron chi connectivity index (χ1n) is 8.07. The fraction of sp³-hybridized carbons (Fsp3) is 0.611. The molecule has 1 rings (SSSR count). The SMILES string of the molecule is CCCCOc1ccc(NC(=O)[C@](C)(CCC)OC)cc1C. The summed E-state index contributed by atoms with van der Waals surface area (Å²) >= 11 is 0. The van der Waals surface area contributed by atoms with E-state index in [-0.39, 0.29) is 5.91 Å². The molecular formula is C18H29NO3. The van der Waals surface area contributed by atoms with Crippen molar-refractivity contribution in [3.8, 4) is 5.75 Å². The van der Waals surface area contributed by atoms with Crippen LogP contribution in [0.25, 0.3) is 0 Å². The van der Waals surface area contributed by atoms with Gasteiger partial charge in [-0.15, -0.1) is 0 Å². The highest BCUT2D eigenvalue weighted by Crippen LogP contribution is 2.24. The van der Waals surface area contributed by atoms with Crippen LogP contribution in [0.15, 0.2) is 18.2 Å². The number of ether oxygens (including phenoxy) is 2. The minimum atomic E-state index is -0.793. The van der Waals surface area contributed by atoms with Gasteiger partial charge in [-0.25, -0.2) is 0 Å². The van der Waals surface area contributed by atoms with E-state index in [1.807, 2.05) is 39.0 Å². The number of anilines is 1. The smallest absolute Gasteiger partial charge is 0.256 e. The van der Waals surface area contributed by atoms with Crippen LogP contribution in [-0.4, -0.2) is 25.2 Å². The van der Waals surface area contributed by atoms with Gasteiger partial charge in [0.15, 0.2) is 0 Å². The molecule has 0 heterocycles. The Kier molecular flexibility index (Phi) is 7.39. The van der Waals surface area contributed by atoms with Crippen LogP contribution in [0, 0.1) is 6.92 Å². The molecule has 0 saturated heterocycles. The maximum Gasteiger partial charge on any atom is 0.256 e. The second kappa shape index (κ2) is 8.79. The topological polar surface area (TPSA) is 47.6 Å². The third-order valence-electron chi connectivity index (χ3n) is 3.85. The molecule has 0 aromatic heterocycles. The molecule has 1 aromatic rings. The van der Waals surface area contributed by atoms with Crippen molar-refractivity contribution in [1.29, 1.82) is 0 Å². The minimum Gasteiger partial charge on any atom is -0.493 e. The van der Waals surface area contributed by atoms with Gasteiger partial charge >= 0.3 is 0 Å². The Hall–Kier alpha value is -1.55. The second-order valence-electron chi connectivity index (χ2n) is 5.82. The zero-order valence-electron chi connectivity index (χ0n) is 14.5. The average molecular weight is 307 g/mol. The molecule has 0 radical (unpaired) electrons. The van der Waals surface area contributed by atoms with Crippen LogP contribution in [0.5, 0.6) is 5.75 Å². The molecule has 0 aliphatic carbocycles. The van der Waals surface area contributed by atoms with E-state index >= 15 is 0 Å². The maximum atomic E-state index is 12.4. The molecule has 0 bridgehead atoms. The standard InChI is InChI=1S/C18H29NO3/c1-6-8-12-22-16-10-9-15(13-14(16)3)19-17(20)18(4,21-5)11-7-2/h9-10,13H,6-8,11-12H2,1-5H3,(H,19,20)/t18-/m0/s1. The summed E-state index contributed by atoms with van der Waals surface area (Å²) in [7, 11) is 1.57. The van der Waals surface area contributed by atoms with E-state index in [0.29, 0.717) is 6.42 Å². The number of aryl methyl sites for hydroxylation is 1. The third kappa shape index (κ3) is 5.02. The molecule has 1 amide bonds. The Morgan fingerprint density at radius 3 is 2.55 bits per heavy atom. The molecule has 22 heavy (non-hydrogen) atoms. The summed E-state index contributed by atoms with van der Waals surface area (Å²) < 4.78 is 11.1. The summed E-state index contributed by atoms with van der Waals surface area (Å²) in [5, 5.41) is 2.93. The van der Waals surface area contributed by atoms with Crippen LogP contribution < -0.4 is 10.1 Å².